The third kappa shape index (κ3) is 10.8. The Morgan fingerprint density at radius 2 is 1.35 bits per heavy atom. The lowest BCUT2D eigenvalue weighted by Crippen LogP contribution is -2.03. The zero-order chi connectivity index (χ0) is 16.6. The first-order chi connectivity index (χ1) is 11.4. The van der Waals surface area contributed by atoms with Gasteiger partial charge < -0.3 is 0 Å². The Labute approximate surface area is 146 Å². The van der Waals surface area contributed by atoms with Crippen molar-refractivity contribution in [2.75, 3.05) is 0 Å². The van der Waals surface area contributed by atoms with Crippen molar-refractivity contribution >= 4 is 0 Å². The van der Waals surface area contributed by atoms with Gasteiger partial charge in [0.05, 0.1) is 0 Å². The Morgan fingerprint density at radius 1 is 0.696 bits per heavy atom. The summed E-state index contributed by atoms with van der Waals surface area (Å²) in [5.74, 6) is 1.80. The summed E-state index contributed by atoms with van der Waals surface area (Å²) in [6.07, 6.45) is 30.8. The van der Waals surface area contributed by atoms with E-state index in [1.165, 1.54) is 96.3 Å². The quantitative estimate of drug-likeness (QED) is 0.223. The second-order valence-electron chi connectivity index (χ2n) is 7.54. The molecular formula is C23H42. The fourth-order valence-corrected chi connectivity index (χ4v) is 3.83. The van der Waals surface area contributed by atoms with Crippen LogP contribution in [0.5, 0.6) is 0 Å². The lowest BCUT2D eigenvalue weighted by molar-refractivity contribution is 0.462. The first-order valence-electron chi connectivity index (χ1n) is 10.7. The van der Waals surface area contributed by atoms with E-state index in [1.54, 1.807) is 0 Å². The van der Waals surface area contributed by atoms with Gasteiger partial charge in [0.15, 0.2) is 0 Å². The maximum Gasteiger partial charge on any atom is -0.0202 e. The van der Waals surface area contributed by atoms with Gasteiger partial charge in [-0.25, -0.2) is 0 Å². The van der Waals surface area contributed by atoms with Crippen LogP contribution in [-0.4, -0.2) is 0 Å². The van der Waals surface area contributed by atoms with Crippen LogP contribution in [0.25, 0.3) is 0 Å². The third-order valence-electron chi connectivity index (χ3n) is 5.41. The van der Waals surface area contributed by atoms with E-state index in [4.69, 9.17) is 0 Å². The molecule has 0 amide bonds. The Hall–Kier alpha value is -0.520. The fraction of sp³-hybridized carbons (Fsp3) is 0.826. The van der Waals surface area contributed by atoms with Crippen LogP contribution < -0.4 is 0 Å². The number of allylic oxidation sites excluding steroid dienone is 4. The average molecular weight is 319 g/mol. The Bertz CT molecular complexity index is 299. The molecule has 0 heteroatoms. The van der Waals surface area contributed by atoms with E-state index in [2.05, 4.69) is 38.2 Å². The van der Waals surface area contributed by atoms with Gasteiger partial charge in [0.1, 0.15) is 0 Å². The van der Waals surface area contributed by atoms with Gasteiger partial charge in [-0.1, -0.05) is 89.5 Å². The lowest BCUT2D eigenvalue weighted by atomic mass is 9.92. The van der Waals surface area contributed by atoms with Crippen molar-refractivity contribution in [3.8, 4) is 0 Å². The summed E-state index contributed by atoms with van der Waals surface area (Å²) in [5.41, 5.74) is 0. The maximum absolute atomic E-state index is 2.56. The highest BCUT2D eigenvalue weighted by atomic mass is 14.3. The molecule has 0 spiro atoms. The second-order valence-corrected chi connectivity index (χ2v) is 7.54. The van der Waals surface area contributed by atoms with Crippen LogP contribution >= 0.6 is 0 Å². The summed E-state index contributed by atoms with van der Waals surface area (Å²) >= 11 is 0. The Morgan fingerprint density at radius 3 is 2.09 bits per heavy atom. The molecule has 1 aliphatic rings. The predicted molar refractivity (Wildman–Crippen MR) is 106 cm³/mol. The Kier molecular flexibility index (Phi) is 13.4. The normalized spacial score (nSPS) is 21.8. The molecule has 1 aliphatic carbocycles. The van der Waals surface area contributed by atoms with Gasteiger partial charge in [-0.2, -0.15) is 0 Å². The first kappa shape index (κ1) is 20.5. The summed E-state index contributed by atoms with van der Waals surface area (Å²) < 4.78 is 0. The molecule has 0 aromatic carbocycles. The van der Waals surface area contributed by atoms with Crippen molar-refractivity contribution < 1.29 is 0 Å². The van der Waals surface area contributed by atoms with E-state index in [9.17, 15) is 0 Å². The minimum atomic E-state index is 0.871. The average Bonchev–Trinajstić information content (AvgIpc) is 3.01. The van der Waals surface area contributed by atoms with Crippen molar-refractivity contribution in [1.29, 1.82) is 0 Å². The number of unbranched alkanes of at least 4 members (excludes halogenated alkanes) is 9. The molecule has 0 N–H and O–H groups in total. The Balaban J connectivity index is 2.09. The van der Waals surface area contributed by atoms with Crippen LogP contribution in [0.3, 0.4) is 0 Å². The molecule has 0 radical (unpaired) electrons. The molecule has 0 aromatic heterocycles. The van der Waals surface area contributed by atoms with Crippen LogP contribution in [0.2, 0.25) is 0 Å². The summed E-state index contributed by atoms with van der Waals surface area (Å²) in [6.45, 7) is 4.58. The molecular weight excluding hydrogens is 276 g/mol. The van der Waals surface area contributed by atoms with E-state index in [1.807, 2.05) is 0 Å². The third-order valence-corrected chi connectivity index (χ3v) is 5.41. The minimum absolute atomic E-state index is 0.871. The predicted octanol–water partition coefficient (Wildman–Crippen LogP) is 8.24. The van der Waals surface area contributed by atoms with Crippen LogP contribution in [-0.2, 0) is 0 Å². The molecule has 0 heterocycles. The van der Waals surface area contributed by atoms with Crippen molar-refractivity contribution in [1.82, 2.24) is 0 Å². The van der Waals surface area contributed by atoms with E-state index in [-0.39, 0.29) is 0 Å². The SMILES string of the molecule is CCCCCC/C=C/[C@H]1CCC[C@@H]1C/C=C\CCCCCCC. The molecule has 0 nitrogen and oxygen atoms in total. The second kappa shape index (κ2) is 15.0. The summed E-state index contributed by atoms with van der Waals surface area (Å²) in [7, 11) is 0. The molecule has 0 aromatic rings. The van der Waals surface area contributed by atoms with Crippen molar-refractivity contribution in [2.45, 2.75) is 110 Å². The monoisotopic (exact) mass is 318 g/mol. The van der Waals surface area contributed by atoms with Crippen molar-refractivity contribution in [3.05, 3.63) is 24.3 Å². The molecule has 23 heavy (non-hydrogen) atoms. The van der Waals surface area contributed by atoms with Gasteiger partial charge >= 0.3 is 0 Å². The zero-order valence-corrected chi connectivity index (χ0v) is 16.1. The minimum Gasteiger partial charge on any atom is -0.0885 e. The zero-order valence-electron chi connectivity index (χ0n) is 16.1. The fourth-order valence-electron chi connectivity index (χ4n) is 3.83. The maximum atomic E-state index is 2.56. The number of hydrogen-bond donors (Lipinski definition) is 0. The highest BCUT2D eigenvalue weighted by molar-refractivity contribution is 4.97. The molecule has 0 saturated heterocycles. The molecule has 0 bridgehead atoms. The van der Waals surface area contributed by atoms with Crippen molar-refractivity contribution in [3.63, 3.8) is 0 Å². The number of hydrogen-bond acceptors (Lipinski definition) is 0. The summed E-state index contributed by atoms with van der Waals surface area (Å²) in [4.78, 5) is 0. The van der Waals surface area contributed by atoms with Gasteiger partial charge in [-0.3, -0.25) is 0 Å². The van der Waals surface area contributed by atoms with E-state index in [0.29, 0.717) is 0 Å². The van der Waals surface area contributed by atoms with Crippen LogP contribution in [0.4, 0.5) is 0 Å². The van der Waals surface area contributed by atoms with Gasteiger partial charge in [0.25, 0.3) is 0 Å². The van der Waals surface area contributed by atoms with E-state index < -0.39 is 0 Å². The largest absolute Gasteiger partial charge is 0.0885 e. The van der Waals surface area contributed by atoms with Crippen LogP contribution in [0.1, 0.15) is 110 Å². The van der Waals surface area contributed by atoms with Crippen LogP contribution in [0.15, 0.2) is 24.3 Å². The van der Waals surface area contributed by atoms with Gasteiger partial charge in [0.2, 0.25) is 0 Å². The first-order valence-corrected chi connectivity index (χ1v) is 10.7. The molecule has 2 atom stereocenters. The number of rotatable bonds is 14. The van der Waals surface area contributed by atoms with E-state index in [0.717, 1.165) is 11.8 Å². The molecule has 1 fully saturated rings. The summed E-state index contributed by atoms with van der Waals surface area (Å²) in [6, 6.07) is 0. The van der Waals surface area contributed by atoms with Gasteiger partial charge in [0, 0.05) is 0 Å². The summed E-state index contributed by atoms with van der Waals surface area (Å²) in [5, 5.41) is 0. The van der Waals surface area contributed by atoms with Gasteiger partial charge in [-0.05, 0) is 56.8 Å². The standard InChI is InChI=1S/C23H42/c1-3-5-7-9-11-12-14-16-19-23-21-17-20-22(23)18-15-13-10-8-6-4-2/h14-16,18,22-23H,3-13,17,19-21H2,1-2H3/b16-14-,18-15+/t22-,23-/m0/s1. The van der Waals surface area contributed by atoms with Crippen molar-refractivity contribution in [2.24, 2.45) is 11.8 Å². The van der Waals surface area contributed by atoms with Gasteiger partial charge in [-0.15, -0.1) is 0 Å². The molecule has 0 aliphatic heterocycles. The molecule has 1 saturated carbocycles. The smallest absolute Gasteiger partial charge is 0.0202 e. The van der Waals surface area contributed by atoms with E-state index >= 15 is 0 Å². The topological polar surface area (TPSA) is 0 Å². The highest BCUT2D eigenvalue weighted by Gasteiger charge is 2.23. The molecule has 0 unspecified atom stereocenters. The molecule has 1 rings (SSSR count). The molecule has 134 valence electrons. The highest BCUT2D eigenvalue weighted by Crippen LogP contribution is 2.35. The van der Waals surface area contributed by atoms with Crippen LogP contribution in [0, 0.1) is 11.8 Å². The lowest BCUT2D eigenvalue weighted by Gasteiger charge is -2.14.